The number of alkyl halides is 3. The minimum absolute atomic E-state index is 0.260. The zero-order valence-electron chi connectivity index (χ0n) is 12.8. The van der Waals surface area contributed by atoms with E-state index in [4.69, 9.17) is 9.31 Å². The standard InChI is InChI=1S/C13H14BF4NO4/c1-11(2)12(3,4)23-14(22-11)7-5-8(13(16,17)18)10(15)9(6-7)19(20)21/h5-6H,1-4H3. The maximum atomic E-state index is 13.7. The molecule has 23 heavy (non-hydrogen) atoms. The van der Waals surface area contributed by atoms with Gasteiger partial charge in [-0.2, -0.15) is 17.6 Å². The monoisotopic (exact) mass is 335 g/mol. The highest BCUT2D eigenvalue weighted by Crippen LogP contribution is 2.38. The Morgan fingerprint density at radius 3 is 2.00 bits per heavy atom. The first kappa shape index (κ1) is 17.7. The second-order valence-electron chi connectivity index (χ2n) is 6.24. The van der Waals surface area contributed by atoms with Crippen LogP contribution in [0.25, 0.3) is 0 Å². The van der Waals surface area contributed by atoms with E-state index in [-0.39, 0.29) is 5.46 Å². The normalized spacial score (nSPS) is 19.9. The minimum atomic E-state index is -5.07. The number of nitro benzene ring substituents is 1. The van der Waals surface area contributed by atoms with E-state index < -0.39 is 46.5 Å². The molecule has 0 aromatic heterocycles. The molecule has 0 radical (unpaired) electrons. The molecule has 0 unspecified atom stereocenters. The van der Waals surface area contributed by atoms with E-state index in [1.165, 1.54) is 0 Å². The molecule has 1 saturated heterocycles. The summed E-state index contributed by atoms with van der Waals surface area (Å²) < 4.78 is 63.6. The molecule has 1 heterocycles. The second-order valence-corrected chi connectivity index (χ2v) is 6.24. The number of halogens is 4. The molecule has 1 aliphatic rings. The van der Waals surface area contributed by atoms with Gasteiger partial charge in [0.05, 0.1) is 21.7 Å². The molecule has 0 spiro atoms. The Balaban J connectivity index is 2.57. The Hall–Kier alpha value is -1.68. The molecule has 0 amide bonds. The van der Waals surface area contributed by atoms with Crippen LogP contribution in [0.5, 0.6) is 0 Å². The van der Waals surface area contributed by atoms with Crippen LogP contribution < -0.4 is 5.46 Å². The highest BCUT2D eigenvalue weighted by atomic mass is 19.4. The Morgan fingerprint density at radius 2 is 1.61 bits per heavy atom. The number of hydrogen-bond donors (Lipinski definition) is 0. The van der Waals surface area contributed by atoms with Crippen molar-refractivity contribution >= 4 is 18.3 Å². The number of hydrogen-bond acceptors (Lipinski definition) is 4. The largest absolute Gasteiger partial charge is 0.495 e. The fourth-order valence-electron chi connectivity index (χ4n) is 2.09. The van der Waals surface area contributed by atoms with Gasteiger partial charge in [0.15, 0.2) is 0 Å². The van der Waals surface area contributed by atoms with Gasteiger partial charge in [0.25, 0.3) is 0 Å². The van der Waals surface area contributed by atoms with Crippen molar-refractivity contribution in [3.63, 3.8) is 0 Å². The third kappa shape index (κ3) is 3.05. The summed E-state index contributed by atoms with van der Waals surface area (Å²) in [5.41, 5.74) is -4.96. The lowest BCUT2D eigenvalue weighted by molar-refractivity contribution is -0.387. The molecule has 5 nitrogen and oxygen atoms in total. The van der Waals surface area contributed by atoms with E-state index in [0.29, 0.717) is 12.1 Å². The number of nitro groups is 1. The molecule has 0 saturated carbocycles. The van der Waals surface area contributed by atoms with Gasteiger partial charge in [-0.05, 0) is 39.2 Å². The van der Waals surface area contributed by atoms with Crippen LogP contribution in [0.4, 0.5) is 23.2 Å². The molecule has 1 aromatic rings. The van der Waals surface area contributed by atoms with Gasteiger partial charge < -0.3 is 9.31 Å². The zero-order valence-corrected chi connectivity index (χ0v) is 12.8. The second kappa shape index (κ2) is 5.17. The van der Waals surface area contributed by atoms with Crippen LogP contribution in [0.1, 0.15) is 33.3 Å². The summed E-state index contributed by atoms with van der Waals surface area (Å²) in [4.78, 5) is 9.63. The predicted molar refractivity (Wildman–Crippen MR) is 73.8 cm³/mol. The summed E-state index contributed by atoms with van der Waals surface area (Å²) in [6.07, 6.45) is -5.07. The molecule has 1 aliphatic heterocycles. The van der Waals surface area contributed by atoms with Crippen molar-refractivity contribution in [1.82, 2.24) is 0 Å². The van der Waals surface area contributed by atoms with Gasteiger partial charge in [-0.3, -0.25) is 10.1 Å². The first-order chi connectivity index (χ1) is 10.3. The summed E-state index contributed by atoms with van der Waals surface area (Å²) in [6, 6.07) is 1.18. The fourth-order valence-corrected chi connectivity index (χ4v) is 2.09. The minimum Gasteiger partial charge on any atom is -0.399 e. The lowest BCUT2D eigenvalue weighted by Crippen LogP contribution is -2.41. The molecule has 0 aliphatic carbocycles. The van der Waals surface area contributed by atoms with Crippen LogP contribution in [0.15, 0.2) is 12.1 Å². The van der Waals surface area contributed by atoms with Crippen molar-refractivity contribution < 1.29 is 31.8 Å². The Morgan fingerprint density at radius 1 is 1.13 bits per heavy atom. The van der Waals surface area contributed by atoms with Crippen molar-refractivity contribution in [2.45, 2.75) is 45.1 Å². The van der Waals surface area contributed by atoms with E-state index in [1.807, 2.05) is 0 Å². The lowest BCUT2D eigenvalue weighted by atomic mass is 9.78. The molecular formula is C13H14BF4NO4. The smallest absolute Gasteiger partial charge is 0.399 e. The molecule has 0 N–H and O–H groups in total. The Kier molecular flexibility index (Phi) is 3.97. The van der Waals surface area contributed by atoms with Crippen molar-refractivity contribution in [2.24, 2.45) is 0 Å². The topological polar surface area (TPSA) is 61.6 Å². The van der Waals surface area contributed by atoms with Crippen molar-refractivity contribution in [3.8, 4) is 0 Å². The first-order valence-electron chi connectivity index (χ1n) is 6.67. The highest BCUT2D eigenvalue weighted by molar-refractivity contribution is 6.62. The summed E-state index contributed by atoms with van der Waals surface area (Å²) in [5.74, 6) is -1.93. The Labute approximate surface area is 129 Å². The Bertz CT molecular complexity index is 644. The van der Waals surface area contributed by atoms with Gasteiger partial charge in [0.1, 0.15) is 0 Å². The van der Waals surface area contributed by atoms with Crippen LogP contribution in [0, 0.1) is 15.9 Å². The zero-order chi connectivity index (χ0) is 17.8. The van der Waals surface area contributed by atoms with Crippen LogP contribution >= 0.6 is 0 Å². The number of benzene rings is 1. The third-order valence-corrected chi connectivity index (χ3v) is 4.10. The first-order valence-corrected chi connectivity index (χ1v) is 6.67. The molecule has 1 fully saturated rings. The molecule has 1 aromatic carbocycles. The van der Waals surface area contributed by atoms with Gasteiger partial charge in [-0.25, -0.2) is 0 Å². The quantitative estimate of drug-likeness (QED) is 0.361. The molecule has 126 valence electrons. The van der Waals surface area contributed by atoms with Crippen molar-refractivity contribution in [3.05, 3.63) is 33.6 Å². The van der Waals surface area contributed by atoms with Gasteiger partial charge in [-0.15, -0.1) is 0 Å². The molecule has 2 rings (SSSR count). The molecule has 10 heteroatoms. The maximum Gasteiger partial charge on any atom is 0.495 e. The van der Waals surface area contributed by atoms with Crippen LogP contribution in [0.2, 0.25) is 0 Å². The van der Waals surface area contributed by atoms with Gasteiger partial charge in [0, 0.05) is 6.07 Å². The summed E-state index contributed by atoms with van der Waals surface area (Å²) in [6.45, 7) is 6.70. The van der Waals surface area contributed by atoms with Crippen LogP contribution in [0.3, 0.4) is 0 Å². The lowest BCUT2D eigenvalue weighted by Gasteiger charge is -2.32. The fraction of sp³-hybridized carbons (Fsp3) is 0.538. The van der Waals surface area contributed by atoms with E-state index in [9.17, 15) is 27.7 Å². The number of rotatable bonds is 2. The third-order valence-electron chi connectivity index (χ3n) is 4.10. The SMILES string of the molecule is CC1(C)OB(c2cc([N+](=O)[O-])c(F)c(C(F)(F)F)c2)OC1(C)C. The molecule has 0 bridgehead atoms. The van der Waals surface area contributed by atoms with Gasteiger partial charge in [-0.1, -0.05) is 0 Å². The van der Waals surface area contributed by atoms with E-state index in [2.05, 4.69) is 0 Å². The summed E-state index contributed by atoms with van der Waals surface area (Å²) in [5, 5.41) is 10.8. The summed E-state index contributed by atoms with van der Waals surface area (Å²) >= 11 is 0. The molecule has 0 atom stereocenters. The van der Waals surface area contributed by atoms with Gasteiger partial charge in [0.2, 0.25) is 5.82 Å². The molecular weight excluding hydrogens is 321 g/mol. The number of nitrogens with zero attached hydrogens (tertiary/aromatic N) is 1. The average molecular weight is 335 g/mol. The maximum absolute atomic E-state index is 13.7. The average Bonchev–Trinajstić information content (AvgIpc) is 2.56. The highest BCUT2D eigenvalue weighted by Gasteiger charge is 2.52. The van der Waals surface area contributed by atoms with Crippen LogP contribution in [-0.4, -0.2) is 23.2 Å². The van der Waals surface area contributed by atoms with E-state index in [1.54, 1.807) is 27.7 Å². The summed E-state index contributed by atoms with van der Waals surface area (Å²) in [7, 11) is -1.26. The van der Waals surface area contributed by atoms with Crippen molar-refractivity contribution in [1.29, 1.82) is 0 Å². The predicted octanol–water partition coefficient (Wildman–Crippen LogP) is 3.05. The van der Waals surface area contributed by atoms with Gasteiger partial charge >= 0.3 is 19.0 Å². The van der Waals surface area contributed by atoms with E-state index in [0.717, 1.165) is 0 Å². The van der Waals surface area contributed by atoms with Crippen LogP contribution in [-0.2, 0) is 15.5 Å². The van der Waals surface area contributed by atoms with Crippen molar-refractivity contribution in [2.75, 3.05) is 0 Å². The van der Waals surface area contributed by atoms with E-state index >= 15 is 0 Å².